The number of anilines is 2. The van der Waals surface area contributed by atoms with E-state index >= 15 is 0 Å². The normalized spacial score (nSPS) is 11.6. The molecule has 0 bridgehead atoms. The molecule has 12 heteroatoms. The Kier molecular flexibility index (Phi) is 10.4. The maximum Gasteiger partial charge on any atom is 0.255 e. The fourth-order valence-corrected chi connectivity index (χ4v) is 3.89. The van der Waals surface area contributed by atoms with Crippen molar-refractivity contribution in [2.45, 2.75) is 6.10 Å². The number of aliphatic hydroxyl groups excluding tert-OH is 1. The standard InChI is InChI=1S/C27H29N5O6S/c1-39(36,37)32-23-8-6-20(7-9-23)26(34)30-15-14-29-17-24(33)18-38-25-12-10-22(11-13-25)31-27(35)21-4-2-19(16-28)3-5-21/h2-13,24,29,32-33H,14-15,17-18H2,1H3,(H,30,34)(H,31,35). The fraction of sp³-hybridized carbons (Fsp3) is 0.222. The molecule has 0 aliphatic carbocycles. The van der Waals surface area contributed by atoms with E-state index in [1.54, 1.807) is 48.5 Å². The van der Waals surface area contributed by atoms with Crippen molar-refractivity contribution in [1.29, 1.82) is 5.26 Å². The molecule has 2 amide bonds. The summed E-state index contributed by atoms with van der Waals surface area (Å²) in [7, 11) is -3.38. The number of nitrogens with zero attached hydrogens (tertiary/aromatic N) is 1. The van der Waals surface area contributed by atoms with Gasteiger partial charge in [-0.3, -0.25) is 14.3 Å². The molecular formula is C27H29N5O6S. The van der Waals surface area contributed by atoms with E-state index in [9.17, 15) is 23.1 Å². The minimum atomic E-state index is -3.38. The lowest BCUT2D eigenvalue weighted by atomic mass is 10.1. The summed E-state index contributed by atoms with van der Waals surface area (Å²) in [5.41, 5.74) is 2.24. The van der Waals surface area contributed by atoms with E-state index in [2.05, 4.69) is 20.7 Å². The van der Waals surface area contributed by atoms with Crippen molar-refractivity contribution in [3.63, 3.8) is 0 Å². The van der Waals surface area contributed by atoms with Crippen LogP contribution in [0.25, 0.3) is 0 Å². The van der Waals surface area contributed by atoms with Gasteiger partial charge < -0.3 is 25.8 Å². The molecule has 11 nitrogen and oxygen atoms in total. The van der Waals surface area contributed by atoms with Crippen LogP contribution in [0.1, 0.15) is 26.3 Å². The van der Waals surface area contributed by atoms with Crippen molar-refractivity contribution in [3.8, 4) is 11.8 Å². The largest absolute Gasteiger partial charge is 0.491 e. The van der Waals surface area contributed by atoms with Crippen molar-refractivity contribution in [3.05, 3.63) is 89.5 Å². The fourth-order valence-electron chi connectivity index (χ4n) is 3.32. The van der Waals surface area contributed by atoms with E-state index in [1.165, 1.54) is 24.3 Å². The molecule has 0 aliphatic heterocycles. The van der Waals surface area contributed by atoms with Gasteiger partial charge in [-0.15, -0.1) is 0 Å². The molecule has 0 fully saturated rings. The Hall–Kier alpha value is -4.44. The highest BCUT2D eigenvalue weighted by Crippen LogP contribution is 2.17. The molecule has 0 aromatic heterocycles. The van der Waals surface area contributed by atoms with Crippen LogP contribution in [0, 0.1) is 11.3 Å². The Morgan fingerprint density at radius 1 is 0.897 bits per heavy atom. The maximum absolute atomic E-state index is 12.3. The molecule has 3 aromatic carbocycles. The minimum absolute atomic E-state index is 0.0458. The first-order valence-corrected chi connectivity index (χ1v) is 13.8. The van der Waals surface area contributed by atoms with Gasteiger partial charge in [-0.1, -0.05) is 0 Å². The number of aliphatic hydroxyl groups is 1. The van der Waals surface area contributed by atoms with Gasteiger partial charge in [0.1, 0.15) is 18.5 Å². The van der Waals surface area contributed by atoms with Gasteiger partial charge in [-0.2, -0.15) is 5.26 Å². The van der Waals surface area contributed by atoms with Gasteiger partial charge in [0.2, 0.25) is 10.0 Å². The van der Waals surface area contributed by atoms with Gasteiger partial charge in [0.05, 0.1) is 17.9 Å². The molecule has 0 radical (unpaired) electrons. The second-order valence-corrected chi connectivity index (χ2v) is 10.3. The van der Waals surface area contributed by atoms with E-state index < -0.39 is 16.1 Å². The number of hydrogen-bond donors (Lipinski definition) is 5. The average Bonchev–Trinajstić information content (AvgIpc) is 2.92. The molecule has 1 atom stereocenters. The number of nitriles is 1. The minimum Gasteiger partial charge on any atom is -0.491 e. The van der Waals surface area contributed by atoms with Gasteiger partial charge in [0, 0.05) is 42.1 Å². The highest BCUT2D eigenvalue weighted by Gasteiger charge is 2.09. The maximum atomic E-state index is 12.3. The topological polar surface area (TPSA) is 170 Å². The smallest absolute Gasteiger partial charge is 0.255 e. The van der Waals surface area contributed by atoms with Crippen LogP contribution in [-0.4, -0.2) is 63.9 Å². The lowest BCUT2D eigenvalue weighted by molar-refractivity contribution is 0.0949. The zero-order chi connectivity index (χ0) is 28.3. The van der Waals surface area contributed by atoms with Gasteiger partial charge in [-0.25, -0.2) is 8.42 Å². The van der Waals surface area contributed by atoms with Crippen LogP contribution in [0.4, 0.5) is 11.4 Å². The van der Waals surface area contributed by atoms with Gasteiger partial charge >= 0.3 is 0 Å². The number of carbonyl (C=O) groups is 2. The second-order valence-electron chi connectivity index (χ2n) is 8.54. The van der Waals surface area contributed by atoms with Crippen molar-refractivity contribution in [1.82, 2.24) is 10.6 Å². The van der Waals surface area contributed by atoms with E-state index in [-0.39, 0.29) is 25.0 Å². The molecule has 1 unspecified atom stereocenters. The molecule has 0 saturated carbocycles. The number of rotatable bonds is 13. The molecule has 0 heterocycles. The molecular weight excluding hydrogens is 522 g/mol. The van der Waals surface area contributed by atoms with Crippen LogP contribution in [0.3, 0.4) is 0 Å². The summed E-state index contributed by atoms with van der Waals surface area (Å²) in [6, 6.07) is 21.1. The van der Waals surface area contributed by atoms with E-state index in [4.69, 9.17) is 10.00 Å². The van der Waals surface area contributed by atoms with Crippen LogP contribution < -0.4 is 25.4 Å². The number of benzene rings is 3. The summed E-state index contributed by atoms with van der Waals surface area (Å²) < 4.78 is 30.4. The first kappa shape index (κ1) is 29.1. The Bertz CT molecular complexity index is 1400. The zero-order valence-electron chi connectivity index (χ0n) is 21.2. The number of nitrogens with one attached hydrogen (secondary N) is 4. The quantitative estimate of drug-likeness (QED) is 0.201. The first-order chi connectivity index (χ1) is 18.6. The third kappa shape index (κ3) is 10.1. The Morgan fingerprint density at radius 2 is 1.49 bits per heavy atom. The van der Waals surface area contributed by atoms with Gasteiger partial charge in [0.25, 0.3) is 11.8 Å². The Morgan fingerprint density at radius 3 is 2.10 bits per heavy atom. The predicted octanol–water partition coefficient (Wildman–Crippen LogP) is 1.94. The van der Waals surface area contributed by atoms with Crippen molar-refractivity contribution >= 4 is 33.2 Å². The third-order valence-electron chi connectivity index (χ3n) is 5.25. The number of hydrogen-bond acceptors (Lipinski definition) is 8. The van der Waals surface area contributed by atoms with E-state index in [0.29, 0.717) is 46.9 Å². The summed E-state index contributed by atoms with van der Waals surface area (Å²) in [5.74, 6) is -0.0794. The first-order valence-electron chi connectivity index (χ1n) is 11.9. The van der Waals surface area contributed by atoms with Crippen molar-refractivity contribution < 1.29 is 27.9 Å². The summed E-state index contributed by atoms with van der Waals surface area (Å²) >= 11 is 0. The molecule has 204 valence electrons. The van der Waals surface area contributed by atoms with Gasteiger partial charge in [0.15, 0.2) is 0 Å². The SMILES string of the molecule is CS(=O)(=O)Nc1ccc(C(=O)NCCNCC(O)COc2ccc(NC(=O)c3ccc(C#N)cc3)cc2)cc1. The molecule has 3 aromatic rings. The molecule has 0 aliphatic rings. The van der Waals surface area contributed by atoms with Crippen LogP contribution in [0.15, 0.2) is 72.8 Å². The third-order valence-corrected chi connectivity index (χ3v) is 5.85. The number of ether oxygens (including phenoxy) is 1. The lowest BCUT2D eigenvalue weighted by Crippen LogP contribution is -2.37. The summed E-state index contributed by atoms with van der Waals surface area (Å²) in [6.07, 6.45) is 0.261. The monoisotopic (exact) mass is 551 g/mol. The van der Waals surface area contributed by atoms with Gasteiger partial charge in [-0.05, 0) is 72.8 Å². The Labute approximate surface area is 226 Å². The van der Waals surface area contributed by atoms with E-state index in [1.807, 2.05) is 6.07 Å². The van der Waals surface area contributed by atoms with Crippen LogP contribution in [-0.2, 0) is 10.0 Å². The molecule has 0 spiro atoms. The highest BCUT2D eigenvalue weighted by atomic mass is 32.2. The molecule has 3 rings (SSSR count). The van der Waals surface area contributed by atoms with Crippen LogP contribution >= 0.6 is 0 Å². The number of carbonyl (C=O) groups excluding carboxylic acids is 2. The lowest BCUT2D eigenvalue weighted by Gasteiger charge is -2.14. The number of amides is 2. The summed E-state index contributed by atoms with van der Waals surface area (Å²) in [6.45, 7) is 1.04. The second kappa shape index (κ2) is 13.9. The molecule has 39 heavy (non-hydrogen) atoms. The van der Waals surface area contributed by atoms with Crippen molar-refractivity contribution in [2.24, 2.45) is 0 Å². The Balaban J connectivity index is 1.31. The number of sulfonamides is 1. The summed E-state index contributed by atoms with van der Waals surface area (Å²) in [4.78, 5) is 24.5. The zero-order valence-corrected chi connectivity index (χ0v) is 22.0. The average molecular weight is 552 g/mol. The van der Waals surface area contributed by atoms with E-state index in [0.717, 1.165) is 6.26 Å². The molecule has 5 N–H and O–H groups in total. The molecule has 0 saturated heterocycles. The van der Waals surface area contributed by atoms with Crippen LogP contribution in [0.5, 0.6) is 5.75 Å². The summed E-state index contributed by atoms with van der Waals surface area (Å²) in [5, 5.41) is 27.5. The predicted molar refractivity (Wildman–Crippen MR) is 147 cm³/mol. The highest BCUT2D eigenvalue weighted by molar-refractivity contribution is 7.92. The van der Waals surface area contributed by atoms with Crippen LogP contribution in [0.2, 0.25) is 0 Å². The van der Waals surface area contributed by atoms with Crippen molar-refractivity contribution in [2.75, 3.05) is 42.5 Å².